The van der Waals surface area contributed by atoms with Crippen LogP contribution in [-0.2, 0) is 16.6 Å². The second-order valence-corrected chi connectivity index (χ2v) is 6.01. The van der Waals surface area contributed by atoms with Gasteiger partial charge in [-0.3, -0.25) is 4.79 Å². The number of rotatable bonds is 4. The number of nitrogens with zero attached hydrogens (tertiary/aromatic N) is 2. The molecular weight excluding hydrogens is 354 g/mol. The highest BCUT2D eigenvalue weighted by Gasteiger charge is 2.16. The Morgan fingerprint density at radius 3 is 2.77 bits per heavy atom. The van der Waals surface area contributed by atoms with Crippen molar-refractivity contribution < 1.29 is 14.3 Å². The van der Waals surface area contributed by atoms with Crippen LogP contribution in [0.5, 0.6) is 0 Å². The normalized spacial score (nSPS) is 10.3. The van der Waals surface area contributed by atoms with E-state index >= 15 is 0 Å². The van der Waals surface area contributed by atoms with Crippen molar-refractivity contribution in [1.29, 1.82) is 5.26 Å². The number of ether oxygens (including phenoxy) is 1. The molecule has 0 fully saturated rings. The highest BCUT2D eigenvalue weighted by Crippen LogP contribution is 2.22. The maximum Gasteiger partial charge on any atom is 0.340 e. The molecule has 130 valence electrons. The quantitative estimate of drug-likeness (QED) is 0.715. The minimum absolute atomic E-state index is 0.234. The Labute approximate surface area is 154 Å². The fourth-order valence-corrected chi connectivity index (χ4v) is 2.82. The monoisotopic (exact) mass is 367 g/mol. The lowest BCUT2D eigenvalue weighted by Gasteiger charge is -2.07. The summed E-state index contributed by atoms with van der Waals surface area (Å²) in [6, 6.07) is 13.9. The van der Waals surface area contributed by atoms with Gasteiger partial charge in [-0.1, -0.05) is 29.8 Å². The highest BCUT2D eigenvalue weighted by atomic mass is 35.5. The molecule has 0 spiro atoms. The SMILES string of the molecule is Cn1cc(C(=O)OCC(=O)Nc2ccc(C#N)c(Cl)c2)c2ccccc21. The zero-order valence-electron chi connectivity index (χ0n) is 13.8. The Kier molecular flexibility index (Phi) is 4.92. The van der Waals surface area contributed by atoms with Crippen LogP contribution in [0, 0.1) is 11.3 Å². The van der Waals surface area contributed by atoms with Gasteiger partial charge in [0.2, 0.25) is 0 Å². The fraction of sp³-hybridized carbons (Fsp3) is 0.105. The maximum absolute atomic E-state index is 12.3. The van der Waals surface area contributed by atoms with Gasteiger partial charge < -0.3 is 14.6 Å². The van der Waals surface area contributed by atoms with Crippen LogP contribution in [0.25, 0.3) is 10.9 Å². The molecule has 0 unspecified atom stereocenters. The van der Waals surface area contributed by atoms with Crippen molar-refractivity contribution >= 4 is 40.1 Å². The molecule has 2 aromatic carbocycles. The van der Waals surface area contributed by atoms with Crippen molar-refractivity contribution in [2.45, 2.75) is 0 Å². The van der Waals surface area contributed by atoms with Gasteiger partial charge in [-0.05, 0) is 24.3 Å². The summed E-state index contributed by atoms with van der Waals surface area (Å²) in [5.41, 5.74) is 2.03. The summed E-state index contributed by atoms with van der Waals surface area (Å²) in [5, 5.41) is 12.4. The lowest BCUT2D eigenvalue weighted by molar-refractivity contribution is -0.119. The number of aromatic nitrogens is 1. The molecule has 0 saturated heterocycles. The van der Waals surface area contributed by atoms with Gasteiger partial charge in [0.25, 0.3) is 5.91 Å². The molecule has 1 N–H and O–H groups in total. The number of amides is 1. The second kappa shape index (κ2) is 7.30. The highest BCUT2D eigenvalue weighted by molar-refractivity contribution is 6.32. The van der Waals surface area contributed by atoms with Crippen molar-refractivity contribution in [3.8, 4) is 6.07 Å². The molecule has 1 amide bonds. The van der Waals surface area contributed by atoms with Gasteiger partial charge in [0, 0.05) is 29.8 Å². The van der Waals surface area contributed by atoms with Crippen LogP contribution in [0.3, 0.4) is 0 Å². The Morgan fingerprint density at radius 2 is 2.04 bits per heavy atom. The number of halogens is 1. The lowest BCUT2D eigenvalue weighted by atomic mass is 10.2. The van der Waals surface area contributed by atoms with Gasteiger partial charge in [-0.25, -0.2) is 4.79 Å². The Morgan fingerprint density at radius 1 is 1.27 bits per heavy atom. The number of nitriles is 1. The van der Waals surface area contributed by atoms with Crippen molar-refractivity contribution in [1.82, 2.24) is 4.57 Å². The van der Waals surface area contributed by atoms with Crippen LogP contribution in [0.15, 0.2) is 48.7 Å². The summed E-state index contributed by atoms with van der Waals surface area (Å²) in [7, 11) is 1.83. The van der Waals surface area contributed by atoms with Crippen LogP contribution in [0.4, 0.5) is 5.69 Å². The topological polar surface area (TPSA) is 84.1 Å². The van der Waals surface area contributed by atoms with E-state index in [0.717, 1.165) is 10.9 Å². The first kappa shape index (κ1) is 17.5. The molecule has 0 saturated carbocycles. The average Bonchev–Trinajstić information content (AvgIpc) is 2.97. The van der Waals surface area contributed by atoms with E-state index in [9.17, 15) is 9.59 Å². The fourth-order valence-electron chi connectivity index (χ4n) is 2.59. The van der Waals surface area contributed by atoms with Crippen molar-refractivity contribution in [2.24, 2.45) is 7.05 Å². The third-order valence-corrected chi connectivity index (χ3v) is 4.14. The van der Waals surface area contributed by atoms with Crippen molar-refractivity contribution in [2.75, 3.05) is 11.9 Å². The van der Waals surface area contributed by atoms with Crippen LogP contribution in [0.1, 0.15) is 15.9 Å². The minimum atomic E-state index is -0.574. The van der Waals surface area contributed by atoms with Gasteiger partial charge in [-0.15, -0.1) is 0 Å². The predicted octanol–water partition coefficient (Wildman–Crippen LogP) is 3.50. The summed E-state index contributed by atoms with van der Waals surface area (Å²) < 4.78 is 6.93. The van der Waals surface area contributed by atoms with Crippen LogP contribution in [-0.4, -0.2) is 23.1 Å². The number of para-hydroxylation sites is 1. The summed E-state index contributed by atoms with van der Waals surface area (Å²) in [6.07, 6.45) is 1.67. The molecule has 0 aliphatic carbocycles. The van der Waals surface area contributed by atoms with E-state index in [-0.39, 0.29) is 5.02 Å². The van der Waals surface area contributed by atoms with E-state index in [1.807, 2.05) is 41.9 Å². The van der Waals surface area contributed by atoms with Crippen molar-refractivity contribution in [3.63, 3.8) is 0 Å². The zero-order valence-corrected chi connectivity index (χ0v) is 14.6. The number of hydrogen-bond donors (Lipinski definition) is 1. The van der Waals surface area contributed by atoms with Crippen molar-refractivity contribution in [3.05, 3.63) is 64.8 Å². The molecular formula is C19H14ClN3O3. The van der Waals surface area contributed by atoms with Crippen LogP contribution >= 0.6 is 11.6 Å². The molecule has 0 aliphatic rings. The predicted molar refractivity (Wildman–Crippen MR) is 98.0 cm³/mol. The smallest absolute Gasteiger partial charge is 0.340 e. The van der Waals surface area contributed by atoms with E-state index in [1.165, 1.54) is 12.1 Å². The Balaban J connectivity index is 1.65. The number of aryl methyl sites for hydroxylation is 1. The first-order valence-electron chi connectivity index (χ1n) is 7.70. The molecule has 6 nitrogen and oxygen atoms in total. The van der Waals surface area contributed by atoms with Crippen LogP contribution < -0.4 is 5.32 Å². The number of carbonyl (C=O) groups is 2. The first-order valence-corrected chi connectivity index (χ1v) is 8.08. The average molecular weight is 368 g/mol. The van der Waals surface area contributed by atoms with E-state index in [1.54, 1.807) is 12.3 Å². The van der Waals surface area contributed by atoms with Gasteiger partial charge in [0.05, 0.1) is 16.1 Å². The Hall–Kier alpha value is -3.30. The van der Waals surface area contributed by atoms with E-state index in [0.29, 0.717) is 16.8 Å². The number of fused-ring (bicyclic) bond motifs is 1. The molecule has 0 aliphatic heterocycles. The molecule has 26 heavy (non-hydrogen) atoms. The molecule has 7 heteroatoms. The molecule has 3 rings (SSSR count). The van der Waals surface area contributed by atoms with E-state index in [4.69, 9.17) is 21.6 Å². The minimum Gasteiger partial charge on any atom is -0.452 e. The number of anilines is 1. The number of esters is 1. The third kappa shape index (κ3) is 3.53. The summed E-state index contributed by atoms with van der Waals surface area (Å²) in [6.45, 7) is -0.431. The zero-order chi connectivity index (χ0) is 18.7. The van der Waals surface area contributed by atoms with Gasteiger partial charge in [0.1, 0.15) is 6.07 Å². The molecule has 1 aromatic heterocycles. The van der Waals surface area contributed by atoms with E-state index in [2.05, 4.69) is 5.32 Å². The summed E-state index contributed by atoms with van der Waals surface area (Å²) in [4.78, 5) is 24.3. The van der Waals surface area contributed by atoms with Gasteiger partial charge in [0.15, 0.2) is 6.61 Å². The number of hydrogen-bond acceptors (Lipinski definition) is 4. The molecule has 0 atom stereocenters. The standard InChI is InChI=1S/C19H14ClN3O3/c1-23-10-15(14-4-2-3-5-17(14)23)19(25)26-11-18(24)22-13-7-6-12(9-21)16(20)8-13/h2-8,10H,11H2,1H3,(H,22,24). The first-order chi connectivity index (χ1) is 12.5. The second-order valence-electron chi connectivity index (χ2n) is 5.60. The van der Waals surface area contributed by atoms with Crippen LogP contribution in [0.2, 0.25) is 5.02 Å². The third-order valence-electron chi connectivity index (χ3n) is 3.82. The maximum atomic E-state index is 12.3. The van der Waals surface area contributed by atoms with Gasteiger partial charge in [-0.2, -0.15) is 5.26 Å². The largest absolute Gasteiger partial charge is 0.452 e. The number of benzene rings is 2. The summed E-state index contributed by atoms with van der Waals surface area (Å²) >= 11 is 5.92. The molecule has 0 radical (unpaired) electrons. The number of nitrogens with one attached hydrogen (secondary N) is 1. The number of carbonyl (C=O) groups excluding carboxylic acids is 2. The van der Waals surface area contributed by atoms with E-state index < -0.39 is 18.5 Å². The lowest BCUT2D eigenvalue weighted by Crippen LogP contribution is -2.20. The Bertz CT molecular complexity index is 1050. The molecule has 1 heterocycles. The van der Waals surface area contributed by atoms with Gasteiger partial charge >= 0.3 is 5.97 Å². The summed E-state index contributed by atoms with van der Waals surface area (Å²) in [5.74, 6) is -1.07. The molecule has 0 bridgehead atoms. The molecule has 3 aromatic rings.